The molecule has 1 atom stereocenters. The van der Waals surface area contributed by atoms with Gasteiger partial charge in [0.05, 0.1) is 6.33 Å². The molecule has 1 aromatic carbocycles. The van der Waals surface area contributed by atoms with Gasteiger partial charge in [0, 0.05) is 48.8 Å². The normalized spacial score (nSPS) is 12.2. The maximum absolute atomic E-state index is 12.3. The van der Waals surface area contributed by atoms with E-state index in [4.69, 9.17) is 0 Å². The van der Waals surface area contributed by atoms with Gasteiger partial charge in [-0.05, 0) is 52.0 Å². The summed E-state index contributed by atoms with van der Waals surface area (Å²) in [5.41, 5.74) is 1.83. The van der Waals surface area contributed by atoms with Crippen molar-refractivity contribution in [3.8, 4) is 0 Å². The van der Waals surface area contributed by atoms with Crippen molar-refractivity contribution in [1.82, 2.24) is 14.9 Å². The summed E-state index contributed by atoms with van der Waals surface area (Å²) in [6.07, 6.45) is 5.38. The molecule has 124 valence electrons. The van der Waals surface area contributed by atoms with Crippen LogP contribution in [0.4, 0.5) is 5.69 Å². The maximum atomic E-state index is 12.3. The van der Waals surface area contributed by atoms with Crippen molar-refractivity contribution in [1.29, 1.82) is 0 Å². The summed E-state index contributed by atoms with van der Waals surface area (Å²) in [7, 11) is 0. The van der Waals surface area contributed by atoms with Gasteiger partial charge in [-0.1, -0.05) is 0 Å². The lowest BCUT2D eigenvalue weighted by Crippen LogP contribution is -2.35. The predicted octanol–water partition coefficient (Wildman–Crippen LogP) is 2.94. The van der Waals surface area contributed by atoms with Crippen molar-refractivity contribution < 1.29 is 4.79 Å². The third kappa shape index (κ3) is 4.58. The van der Waals surface area contributed by atoms with Crippen LogP contribution < -0.4 is 10.2 Å². The Morgan fingerprint density at radius 1 is 1.26 bits per heavy atom. The third-order valence-electron chi connectivity index (χ3n) is 3.85. The largest absolute Gasteiger partial charge is 0.369 e. The fraction of sp³-hybridized carbons (Fsp3) is 0.444. The fourth-order valence-electron chi connectivity index (χ4n) is 2.71. The van der Waals surface area contributed by atoms with Gasteiger partial charge in [0.2, 0.25) is 0 Å². The second-order valence-corrected chi connectivity index (χ2v) is 6.06. The molecule has 0 fully saturated rings. The first-order chi connectivity index (χ1) is 11.0. The molecule has 0 aliphatic rings. The van der Waals surface area contributed by atoms with Crippen molar-refractivity contribution in [2.45, 2.75) is 46.3 Å². The standard InChI is InChI=1S/C18H26N4O/c1-5-22(14(2)3)17-8-6-16(7-9-17)18(23)20-15(4)12-21-11-10-19-13-21/h6-11,13-15H,5,12H2,1-4H3,(H,20,23)/t15-/m0/s1. The van der Waals surface area contributed by atoms with Crippen LogP contribution in [0.1, 0.15) is 38.1 Å². The lowest BCUT2D eigenvalue weighted by molar-refractivity contribution is 0.0936. The highest BCUT2D eigenvalue weighted by Gasteiger charge is 2.12. The average molecular weight is 314 g/mol. The van der Waals surface area contributed by atoms with Gasteiger partial charge < -0.3 is 14.8 Å². The molecule has 0 spiro atoms. The van der Waals surface area contributed by atoms with Crippen molar-refractivity contribution >= 4 is 11.6 Å². The summed E-state index contributed by atoms with van der Waals surface area (Å²) in [4.78, 5) is 18.6. The van der Waals surface area contributed by atoms with Crippen molar-refractivity contribution in [2.24, 2.45) is 0 Å². The van der Waals surface area contributed by atoms with Gasteiger partial charge in [-0.25, -0.2) is 4.98 Å². The van der Waals surface area contributed by atoms with Gasteiger partial charge in [0.1, 0.15) is 0 Å². The number of anilines is 1. The molecular formula is C18H26N4O. The van der Waals surface area contributed by atoms with Crippen LogP contribution >= 0.6 is 0 Å². The number of nitrogens with one attached hydrogen (secondary N) is 1. The summed E-state index contributed by atoms with van der Waals surface area (Å²) >= 11 is 0. The molecule has 2 aromatic rings. The molecular weight excluding hydrogens is 288 g/mol. The minimum absolute atomic E-state index is 0.0409. The average Bonchev–Trinajstić information content (AvgIpc) is 3.01. The van der Waals surface area contributed by atoms with Gasteiger partial charge in [0.25, 0.3) is 5.91 Å². The summed E-state index contributed by atoms with van der Waals surface area (Å²) in [6, 6.07) is 8.28. The number of carbonyl (C=O) groups is 1. The molecule has 1 heterocycles. The molecule has 1 aromatic heterocycles. The molecule has 0 unspecified atom stereocenters. The van der Waals surface area contributed by atoms with Crippen LogP contribution in [0.3, 0.4) is 0 Å². The van der Waals surface area contributed by atoms with Crippen LogP contribution in [0.5, 0.6) is 0 Å². The number of hydrogen-bond acceptors (Lipinski definition) is 3. The van der Waals surface area contributed by atoms with Gasteiger partial charge >= 0.3 is 0 Å². The van der Waals surface area contributed by atoms with Crippen LogP contribution in [0.25, 0.3) is 0 Å². The number of amides is 1. The Balaban J connectivity index is 1.97. The highest BCUT2D eigenvalue weighted by Crippen LogP contribution is 2.17. The Bertz CT molecular complexity index is 604. The zero-order valence-electron chi connectivity index (χ0n) is 14.4. The van der Waals surface area contributed by atoms with Gasteiger partial charge in [-0.15, -0.1) is 0 Å². The quantitative estimate of drug-likeness (QED) is 0.855. The number of aromatic nitrogens is 2. The van der Waals surface area contributed by atoms with E-state index in [1.165, 1.54) is 0 Å². The first-order valence-electron chi connectivity index (χ1n) is 8.14. The van der Waals surface area contributed by atoms with Crippen LogP contribution in [-0.2, 0) is 6.54 Å². The molecule has 23 heavy (non-hydrogen) atoms. The fourth-order valence-corrected chi connectivity index (χ4v) is 2.71. The minimum atomic E-state index is -0.0447. The molecule has 1 N–H and O–H groups in total. The van der Waals surface area contributed by atoms with Crippen LogP contribution in [-0.4, -0.2) is 34.1 Å². The number of nitrogens with zero attached hydrogens (tertiary/aromatic N) is 3. The van der Waals surface area contributed by atoms with Gasteiger partial charge in [-0.2, -0.15) is 0 Å². The number of hydrogen-bond donors (Lipinski definition) is 1. The minimum Gasteiger partial charge on any atom is -0.369 e. The summed E-state index contributed by atoms with van der Waals surface area (Å²) in [5, 5.41) is 3.02. The smallest absolute Gasteiger partial charge is 0.251 e. The monoisotopic (exact) mass is 314 g/mol. The van der Waals surface area contributed by atoms with Gasteiger partial charge in [-0.3, -0.25) is 4.79 Å². The Morgan fingerprint density at radius 3 is 2.48 bits per heavy atom. The second-order valence-electron chi connectivity index (χ2n) is 6.06. The van der Waals surface area contributed by atoms with E-state index in [1.54, 1.807) is 12.5 Å². The molecule has 5 nitrogen and oxygen atoms in total. The van der Waals surface area contributed by atoms with Crippen molar-refractivity contribution in [3.63, 3.8) is 0 Å². The molecule has 0 saturated carbocycles. The molecule has 0 bridgehead atoms. The molecule has 0 radical (unpaired) electrons. The topological polar surface area (TPSA) is 50.2 Å². The molecule has 1 amide bonds. The van der Waals surface area contributed by atoms with E-state index >= 15 is 0 Å². The predicted molar refractivity (Wildman–Crippen MR) is 93.8 cm³/mol. The Kier molecular flexibility index (Phi) is 5.79. The van der Waals surface area contributed by atoms with E-state index in [0.29, 0.717) is 18.2 Å². The van der Waals surface area contributed by atoms with Crippen molar-refractivity contribution in [2.75, 3.05) is 11.4 Å². The first-order valence-corrected chi connectivity index (χ1v) is 8.14. The molecule has 0 aliphatic carbocycles. The SMILES string of the molecule is CCN(c1ccc(C(=O)N[C@@H](C)Cn2ccnc2)cc1)C(C)C. The zero-order valence-corrected chi connectivity index (χ0v) is 14.4. The first kappa shape index (κ1) is 17.1. The molecule has 0 aliphatic heterocycles. The van der Waals surface area contributed by atoms with E-state index in [9.17, 15) is 4.79 Å². The van der Waals surface area contributed by atoms with E-state index in [2.05, 4.69) is 36.0 Å². The lowest BCUT2D eigenvalue weighted by atomic mass is 10.1. The van der Waals surface area contributed by atoms with E-state index in [0.717, 1.165) is 12.2 Å². The Morgan fingerprint density at radius 2 is 1.96 bits per heavy atom. The summed E-state index contributed by atoms with van der Waals surface area (Å²) < 4.78 is 1.95. The Labute approximate surface area is 138 Å². The number of benzene rings is 1. The van der Waals surface area contributed by atoms with Gasteiger partial charge in [0.15, 0.2) is 0 Å². The highest BCUT2D eigenvalue weighted by atomic mass is 16.1. The number of imidazole rings is 1. The molecule has 0 saturated heterocycles. The van der Waals surface area contributed by atoms with Crippen LogP contribution in [0, 0.1) is 0 Å². The maximum Gasteiger partial charge on any atom is 0.251 e. The number of rotatable bonds is 7. The second kappa shape index (κ2) is 7.81. The summed E-state index contributed by atoms with van der Waals surface area (Å²) in [5.74, 6) is -0.0447. The van der Waals surface area contributed by atoms with E-state index < -0.39 is 0 Å². The molecule has 5 heteroatoms. The summed E-state index contributed by atoms with van der Waals surface area (Å²) in [6.45, 7) is 10.1. The van der Waals surface area contributed by atoms with E-state index in [-0.39, 0.29) is 11.9 Å². The Hall–Kier alpha value is -2.30. The highest BCUT2D eigenvalue weighted by molar-refractivity contribution is 5.94. The third-order valence-corrected chi connectivity index (χ3v) is 3.85. The zero-order chi connectivity index (χ0) is 16.8. The number of carbonyl (C=O) groups excluding carboxylic acids is 1. The van der Waals surface area contributed by atoms with Crippen LogP contribution in [0.15, 0.2) is 43.0 Å². The molecule has 2 rings (SSSR count). The lowest BCUT2D eigenvalue weighted by Gasteiger charge is -2.27. The van der Waals surface area contributed by atoms with E-state index in [1.807, 2.05) is 42.0 Å². The van der Waals surface area contributed by atoms with Crippen molar-refractivity contribution in [3.05, 3.63) is 48.5 Å². The van der Waals surface area contributed by atoms with Crippen LogP contribution in [0.2, 0.25) is 0 Å².